The second-order valence-corrected chi connectivity index (χ2v) is 6.50. The molecule has 1 aliphatic carbocycles. The highest BCUT2D eigenvalue weighted by Gasteiger charge is 2.13. The van der Waals surface area contributed by atoms with E-state index in [1.54, 1.807) is 24.3 Å². The summed E-state index contributed by atoms with van der Waals surface area (Å²) < 4.78 is 1.44. The Kier molecular flexibility index (Phi) is 5.66. The summed E-state index contributed by atoms with van der Waals surface area (Å²) in [6.45, 7) is 0.724. The molecule has 0 atom stereocenters. The lowest BCUT2D eigenvalue weighted by molar-refractivity contribution is -0.116. The van der Waals surface area contributed by atoms with Gasteiger partial charge in [0.1, 0.15) is 0 Å². The lowest BCUT2D eigenvalue weighted by Gasteiger charge is -2.15. The maximum absolute atomic E-state index is 12.1. The van der Waals surface area contributed by atoms with E-state index in [4.69, 9.17) is 11.6 Å². The summed E-state index contributed by atoms with van der Waals surface area (Å²) in [4.78, 5) is 23.9. The molecule has 1 aliphatic rings. The van der Waals surface area contributed by atoms with Gasteiger partial charge in [0, 0.05) is 23.7 Å². The van der Waals surface area contributed by atoms with Crippen LogP contribution in [0.4, 0.5) is 0 Å². The molecule has 0 saturated heterocycles. The number of hydrogen-bond donors (Lipinski definition) is 1. The number of carbonyl (C=O) groups is 1. The summed E-state index contributed by atoms with van der Waals surface area (Å²) in [5.74, 6) is -0.207. The molecule has 0 saturated carbocycles. The average molecular weight is 358 g/mol. The molecule has 1 aromatic carbocycles. The monoisotopic (exact) mass is 357 g/mol. The molecule has 0 radical (unpaired) electrons. The minimum Gasteiger partial charge on any atom is -0.351 e. The third-order valence-corrected chi connectivity index (χ3v) is 4.45. The highest BCUT2D eigenvalue weighted by Crippen LogP contribution is 2.16. The third-order valence-electron chi connectivity index (χ3n) is 4.19. The molecule has 0 spiro atoms. The zero-order chi connectivity index (χ0) is 17.6. The molecule has 130 valence electrons. The topological polar surface area (TPSA) is 64.0 Å². The lowest BCUT2D eigenvalue weighted by Crippen LogP contribution is -2.32. The molecule has 0 bridgehead atoms. The summed E-state index contributed by atoms with van der Waals surface area (Å²) in [6, 6.07) is 8.90. The molecule has 6 heteroatoms. The van der Waals surface area contributed by atoms with Crippen LogP contribution in [0, 0.1) is 0 Å². The van der Waals surface area contributed by atoms with Gasteiger partial charge in [-0.1, -0.05) is 23.7 Å². The molecular formula is C19H20ClN3O2. The maximum Gasteiger partial charge on any atom is 0.267 e. The van der Waals surface area contributed by atoms with Gasteiger partial charge in [-0.3, -0.25) is 9.59 Å². The van der Waals surface area contributed by atoms with E-state index in [0.29, 0.717) is 18.1 Å². The van der Waals surface area contributed by atoms with Gasteiger partial charge in [0.2, 0.25) is 5.91 Å². The Bertz CT molecular complexity index is 841. The highest BCUT2D eigenvalue weighted by atomic mass is 35.5. The van der Waals surface area contributed by atoms with Gasteiger partial charge in [-0.25, -0.2) is 4.68 Å². The number of fused-ring (bicyclic) bond motifs is 1. The van der Waals surface area contributed by atoms with Gasteiger partial charge in [-0.2, -0.15) is 5.10 Å². The van der Waals surface area contributed by atoms with E-state index in [0.717, 1.165) is 42.5 Å². The molecule has 1 N–H and O–H groups in total. The van der Waals surface area contributed by atoms with Crippen molar-refractivity contribution in [1.29, 1.82) is 0 Å². The normalized spacial score (nSPS) is 13.6. The van der Waals surface area contributed by atoms with E-state index in [1.807, 2.05) is 12.1 Å². The van der Waals surface area contributed by atoms with Crippen molar-refractivity contribution in [3.05, 3.63) is 68.6 Å². The molecule has 25 heavy (non-hydrogen) atoms. The van der Waals surface area contributed by atoms with Crippen LogP contribution in [0.1, 0.15) is 29.7 Å². The fraction of sp³-hybridized carbons (Fsp3) is 0.316. The number of amides is 1. The van der Waals surface area contributed by atoms with Crippen LogP contribution >= 0.6 is 11.6 Å². The fourth-order valence-electron chi connectivity index (χ4n) is 2.85. The molecule has 0 aliphatic heterocycles. The van der Waals surface area contributed by atoms with Crippen LogP contribution in [0.3, 0.4) is 0 Å². The average Bonchev–Trinajstić information content (AvgIpc) is 2.61. The van der Waals surface area contributed by atoms with Crippen molar-refractivity contribution in [2.45, 2.75) is 32.2 Å². The number of rotatable bonds is 5. The SMILES string of the molecule is O=C(/C=C/c1ccc(Cl)cc1)NCCn1nc2c(cc1=O)CCCC2. The van der Waals surface area contributed by atoms with E-state index >= 15 is 0 Å². The number of nitrogens with zero attached hydrogens (tertiary/aromatic N) is 2. The Balaban J connectivity index is 1.53. The summed E-state index contributed by atoms with van der Waals surface area (Å²) in [5.41, 5.74) is 2.88. The van der Waals surface area contributed by atoms with E-state index < -0.39 is 0 Å². The number of halogens is 1. The first-order valence-electron chi connectivity index (χ1n) is 8.43. The standard InChI is InChI=1S/C19H20ClN3O2/c20-16-8-5-14(6-9-16)7-10-18(24)21-11-12-23-19(25)13-15-3-1-2-4-17(15)22-23/h5-10,13H,1-4,11-12H2,(H,21,24)/b10-7+. The van der Waals surface area contributed by atoms with Gasteiger partial charge in [-0.15, -0.1) is 0 Å². The molecule has 2 aromatic rings. The van der Waals surface area contributed by atoms with Gasteiger partial charge < -0.3 is 5.32 Å². The number of carbonyl (C=O) groups excluding carboxylic acids is 1. The van der Waals surface area contributed by atoms with Crippen molar-refractivity contribution in [3.63, 3.8) is 0 Å². The van der Waals surface area contributed by atoms with Gasteiger partial charge in [0.05, 0.1) is 12.2 Å². The predicted octanol–water partition coefficient (Wildman–Crippen LogP) is 2.61. The van der Waals surface area contributed by atoms with Crippen molar-refractivity contribution < 1.29 is 4.79 Å². The van der Waals surface area contributed by atoms with Crippen molar-refractivity contribution in [1.82, 2.24) is 15.1 Å². The smallest absolute Gasteiger partial charge is 0.267 e. The van der Waals surface area contributed by atoms with Crippen molar-refractivity contribution in [3.8, 4) is 0 Å². The molecular weight excluding hydrogens is 338 g/mol. The van der Waals surface area contributed by atoms with Crippen molar-refractivity contribution >= 4 is 23.6 Å². The van der Waals surface area contributed by atoms with Crippen LogP contribution in [0.2, 0.25) is 5.02 Å². The number of nitrogens with one attached hydrogen (secondary N) is 1. The largest absolute Gasteiger partial charge is 0.351 e. The quantitative estimate of drug-likeness (QED) is 0.836. The Morgan fingerprint density at radius 3 is 2.80 bits per heavy atom. The van der Waals surface area contributed by atoms with Gasteiger partial charge >= 0.3 is 0 Å². The van der Waals surface area contributed by atoms with Crippen LogP contribution in [0.15, 0.2) is 41.2 Å². The second-order valence-electron chi connectivity index (χ2n) is 6.06. The fourth-order valence-corrected chi connectivity index (χ4v) is 2.98. The first-order valence-corrected chi connectivity index (χ1v) is 8.81. The van der Waals surface area contributed by atoms with Gasteiger partial charge in [0.15, 0.2) is 0 Å². The Hall–Kier alpha value is -2.40. The van der Waals surface area contributed by atoms with Gasteiger partial charge in [-0.05, 0) is 55.0 Å². The van der Waals surface area contributed by atoms with E-state index in [-0.39, 0.29) is 11.5 Å². The van der Waals surface area contributed by atoms with Crippen LogP contribution < -0.4 is 10.9 Å². The number of aromatic nitrogens is 2. The molecule has 5 nitrogen and oxygen atoms in total. The summed E-state index contributed by atoms with van der Waals surface area (Å²) >= 11 is 5.82. The summed E-state index contributed by atoms with van der Waals surface area (Å²) in [7, 11) is 0. The minimum absolute atomic E-state index is 0.105. The highest BCUT2D eigenvalue weighted by molar-refractivity contribution is 6.30. The Labute approximate surface area is 151 Å². The van der Waals surface area contributed by atoms with Gasteiger partial charge in [0.25, 0.3) is 5.56 Å². The Morgan fingerprint density at radius 2 is 2.00 bits per heavy atom. The molecule has 3 rings (SSSR count). The minimum atomic E-state index is -0.207. The van der Waals surface area contributed by atoms with E-state index in [1.165, 1.54) is 10.8 Å². The van der Waals surface area contributed by atoms with Crippen LogP contribution in [0.5, 0.6) is 0 Å². The first-order chi connectivity index (χ1) is 12.1. The van der Waals surface area contributed by atoms with Crippen LogP contribution in [-0.2, 0) is 24.2 Å². The molecule has 1 amide bonds. The first kappa shape index (κ1) is 17.4. The lowest BCUT2D eigenvalue weighted by atomic mass is 9.97. The third kappa shape index (κ3) is 4.79. The van der Waals surface area contributed by atoms with Crippen LogP contribution in [-0.4, -0.2) is 22.2 Å². The van der Waals surface area contributed by atoms with E-state index in [2.05, 4.69) is 10.4 Å². The Morgan fingerprint density at radius 1 is 1.24 bits per heavy atom. The second kappa shape index (κ2) is 8.12. The molecule has 1 aromatic heterocycles. The van der Waals surface area contributed by atoms with Crippen molar-refractivity contribution in [2.24, 2.45) is 0 Å². The zero-order valence-corrected chi connectivity index (χ0v) is 14.6. The predicted molar refractivity (Wildman–Crippen MR) is 98.6 cm³/mol. The zero-order valence-electron chi connectivity index (χ0n) is 13.9. The van der Waals surface area contributed by atoms with E-state index in [9.17, 15) is 9.59 Å². The summed E-state index contributed by atoms with van der Waals surface area (Å²) in [5, 5.41) is 7.86. The van der Waals surface area contributed by atoms with Crippen molar-refractivity contribution in [2.75, 3.05) is 6.54 Å². The number of hydrogen-bond acceptors (Lipinski definition) is 3. The number of aryl methyl sites for hydroxylation is 2. The molecule has 0 unspecified atom stereocenters. The number of benzene rings is 1. The molecule has 0 fully saturated rings. The summed E-state index contributed by atoms with van der Waals surface area (Å²) in [6.07, 6.45) is 7.27. The molecule has 1 heterocycles. The maximum atomic E-state index is 12.1. The van der Waals surface area contributed by atoms with Crippen LogP contribution in [0.25, 0.3) is 6.08 Å².